The lowest BCUT2D eigenvalue weighted by molar-refractivity contribution is -0.384. The van der Waals surface area contributed by atoms with Gasteiger partial charge in [-0.3, -0.25) is 14.9 Å². The Labute approximate surface area is 140 Å². The number of nitrogens with one attached hydrogen (secondary N) is 2. The van der Waals surface area contributed by atoms with E-state index in [0.29, 0.717) is 17.2 Å². The number of nitro benzene ring substituents is 1. The van der Waals surface area contributed by atoms with Gasteiger partial charge in [-0.25, -0.2) is 0 Å². The number of nitrogens with zero attached hydrogens (tertiary/aromatic N) is 1. The Morgan fingerprint density at radius 2 is 1.96 bits per heavy atom. The van der Waals surface area contributed by atoms with E-state index in [-0.39, 0.29) is 28.2 Å². The molecule has 6 nitrogen and oxygen atoms in total. The summed E-state index contributed by atoms with van der Waals surface area (Å²) >= 11 is 6.27. The van der Waals surface area contributed by atoms with Crippen LogP contribution in [0.5, 0.6) is 0 Å². The number of hydrogen-bond donors (Lipinski definition) is 2. The molecular weight excluding hydrogens is 318 g/mol. The molecule has 0 unspecified atom stereocenters. The number of carbonyl (C=O) groups excluding carboxylic acids is 1. The van der Waals surface area contributed by atoms with Gasteiger partial charge in [0.1, 0.15) is 5.69 Å². The highest BCUT2D eigenvalue weighted by Crippen LogP contribution is 2.36. The van der Waals surface area contributed by atoms with Crippen molar-refractivity contribution in [2.45, 2.75) is 45.6 Å². The average Bonchev–Trinajstić information content (AvgIpc) is 2.51. The van der Waals surface area contributed by atoms with Crippen molar-refractivity contribution in [2.24, 2.45) is 5.92 Å². The summed E-state index contributed by atoms with van der Waals surface area (Å²) in [4.78, 5) is 23.2. The van der Waals surface area contributed by atoms with Crippen molar-refractivity contribution in [2.75, 3.05) is 12.4 Å². The standard InChI is InChI=1S/C16H22ClN3O3/c1-9-4-6-11(7-5-9)19-16(21)12-8-13(20(22)23)15(18-3)10(2)14(12)17/h8-9,11,18H,4-7H2,1-3H3,(H,19,21)/t9-,11-. The van der Waals surface area contributed by atoms with Gasteiger partial charge in [-0.15, -0.1) is 0 Å². The summed E-state index contributed by atoms with van der Waals surface area (Å²) < 4.78 is 0. The van der Waals surface area contributed by atoms with Crippen LogP contribution in [-0.2, 0) is 0 Å². The molecule has 23 heavy (non-hydrogen) atoms. The number of rotatable bonds is 4. The third-order valence-electron chi connectivity index (χ3n) is 4.52. The minimum absolute atomic E-state index is 0.109. The van der Waals surface area contributed by atoms with E-state index in [4.69, 9.17) is 11.6 Å². The van der Waals surface area contributed by atoms with Crippen molar-refractivity contribution in [3.05, 3.63) is 32.3 Å². The minimum Gasteiger partial charge on any atom is -0.382 e. The summed E-state index contributed by atoms with van der Waals surface area (Å²) in [6.45, 7) is 3.87. The molecule has 2 rings (SSSR count). The van der Waals surface area contributed by atoms with Crippen LogP contribution in [0.2, 0.25) is 5.02 Å². The quantitative estimate of drug-likeness (QED) is 0.643. The van der Waals surface area contributed by atoms with Crippen LogP contribution in [-0.4, -0.2) is 23.9 Å². The summed E-state index contributed by atoms with van der Waals surface area (Å²) in [5.74, 6) is 0.341. The van der Waals surface area contributed by atoms with Gasteiger partial charge < -0.3 is 10.6 Å². The van der Waals surface area contributed by atoms with E-state index in [1.165, 1.54) is 6.07 Å². The SMILES string of the molecule is CNc1c([N+](=O)[O-])cc(C(=O)N[C@H]2CC[C@H](C)CC2)c(Cl)c1C. The highest BCUT2D eigenvalue weighted by atomic mass is 35.5. The van der Waals surface area contributed by atoms with Gasteiger partial charge in [0, 0.05) is 19.2 Å². The number of nitro groups is 1. The number of halogens is 1. The molecule has 0 spiro atoms. The molecule has 1 fully saturated rings. The van der Waals surface area contributed by atoms with E-state index in [9.17, 15) is 14.9 Å². The fraction of sp³-hybridized carbons (Fsp3) is 0.562. The Morgan fingerprint density at radius 1 is 1.35 bits per heavy atom. The summed E-state index contributed by atoms with van der Waals surface area (Å²) in [6, 6.07) is 1.36. The van der Waals surface area contributed by atoms with Crippen molar-refractivity contribution in [3.63, 3.8) is 0 Å². The third-order valence-corrected chi connectivity index (χ3v) is 5.01. The van der Waals surface area contributed by atoms with E-state index in [1.807, 2.05) is 0 Å². The lowest BCUT2D eigenvalue weighted by Crippen LogP contribution is -2.37. The van der Waals surface area contributed by atoms with Gasteiger partial charge in [0.15, 0.2) is 0 Å². The van der Waals surface area contributed by atoms with Crippen LogP contribution in [0.25, 0.3) is 0 Å². The largest absolute Gasteiger partial charge is 0.382 e. The molecule has 1 saturated carbocycles. The maximum absolute atomic E-state index is 12.5. The van der Waals surface area contributed by atoms with Crippen LogP contribution in [0.3, 0.4) is 0 Å². The molecule has 0 aromatic heterocycles. The monoisotopic (exact) mass is 339 g/mol. The first-order chi connectivity index (χ1) is 10.8. The molecule has 1 aliphatic rings. The molecule has 126 valence electrons. The van der Waals surface area contributed by atoms with Crippen molar-refractivity contribution in [1.29, 1.82) is 0 Å². The van der Waals surface area contributed by atoms with E-state index >= 15 is 0 Å². The molecule has 2 N–H and O–H groups in total. The Balaban J connectivity index is 2.28. The zero-order valence-electron chi connectivity index (χ0n) is 13.6. The van der Waals surface area contributed by atoms with Gasteiger partial charge in [-0.05, 0) is 44.1 Å². The maximum atomic E-state index is 12.5. The fourth-order valence-electron chi connectivity index (χ4n) is 3.07. The minimum atomic E-state index is -0.506. The second-order valence-electron chi connectivity index (χ2n) is 6.19. The van der Waals surface area contributed by atoms with Crippen LogP contribution in [0.4, 0.5) is 11.4 Å². The Hall–Kier alpha value is -1.82. The van der Waals surface area contributed by atoms with Crippen molar-refractivity contribution in [1.82, 2.24) is 5.32 Å². The van der Waals surface area contributed by atoms with Gasteiger partial charge in [-0.1, -0.05) is 18.5 Å². The molecule has 0 atom stereocenters. The zero-order chi connectivity index (χ0) is 17.1. The normalized spacial score (nSPS) is 20.9. The lowest BCUT2D eigenvalue weighted by Gasteiger charge is -2.27. The summed E-state index contributed by atoms with van der Waals surface area (Å²) in [5.41, 5.74) is 0.860. The van der Waals surface area contributed by atoms with E-state index in [0.717, 1.165) is 25.7 Å². The number of carbonyl (C=O) groups is 1. The van der Waals surface area contributed by atoms with E-state index in [2.05, 4.69) is 17.6 Å². The number of benzene rings is 1. The molecule has 0 aliphatic heterocycles. The van der Waals surface area contributed by atoms with E-state index in [1.54, 1.807) is 14.0 Å². The molecule has 0 bridgehead atoms. The topological polar surface area (TPSA) is 84.3 Å². The Kier molecular flexibility index (Phi) is 5.46. The first-order valence-corrected chi connectivity index (χ1v) is 8.19. The highest BCUT2D eigenvalue weighted by molar-refractivity contribution is 6.35. The van der Waals surface area contributed by atoms with Crippen LogP contribution in [0, 0.1) is 23.0 Å². The molecule has 0 radical (unpaired) electrons. The van der Waals surface area contributed by atoms with Crippen molar-refractivity contribution in [3.8, 4) is 0 Å². The number of anilines is 1. The van der Waals surface area contributed by atoms with Gasteiger partial charge in [0.2, 0.25) is 0 Å². The smallest absolute Gasteiger partial charge is 0.293 e. The molecule has 0 heterocycles. The van der Waals surface area contributed by atoms with Gasteiger partial charge in [0.05, 0.1) is 15.5 Å². The molecule has 0 saturated heterocycles. The second-order valence-corrected chi connectivity index (χ2v) is 6.57. The Bertz CT molecular complexity index is 625. The van der Waals surface area contributed by atoms with Gasteiger partial charge in [-0.2, -0.15) is 0 Å². The molecule has 1 amide bonds. The molecule has 1 aromatic carbocycles. The predicted octanol–water partition coefficient (Wildman–Crippen LogP) is 3.91. The van der Waals surface area contributed by atoms with Crippen LogP contribution in [0.1, 0.15) is 48.5 Å². The van der Waals surface area contributed by atoms with Crippen LogP contribution >= 0.6 is 11.6 Å². The first kappa shape index (κ1) is 17.5. The third kappa shape index (κ3) is 3.75. The first-order valence-electron chi connectivity index (χ1n) is 7.81. The van der Waals surface area contributed by atoms with Gasteiger partial charge in [0.25, 0.3) is 11.6 Å². The second kappa shape index (κ2) is 7.17. The van der Waals surface area contributed by atoms with E-state index < -0.39 is 4.92 Å². The van der Waals surface area contributed by atoms with Crippen LogP contribution < -0.4 is 10.6 Å². The number of hydrogen-bond acceptors (Lipinski definition) is 4. The Morgan fingerprint density at radius 3 is 2.48 bits per heavy atom. The molecule has 1 aromatic rings. The average molecular weight is 340 g/mol. The highest BCUT2D eigenvalue weighted by Gasteiger charge is 2.26. The number of amides is 1. The summed E-state index contributed by atoms with van der Waals surface area (Å²) in [5, 5.41) is 17.2. The summed E-state index contributed by atoms with van der Waals surface area (Å²) in [6.07, 6.45) is 4.02. The fourth-order valence-corrected chi connectivity index (χ4v) is 3.30. The van der Waals surface area contributed by atoms with Crippen molar-refractivity contribution < 1.29 is 9.72 Å². The lowest BCUT2D eigenvalue weighted by atomic mass is 9.87. The van der Waals surface area contributed by atoms with Crippen molar-refractivity contribution >= 4 is 28.9 Å². The van der Waals surface area contributed by atoms with Crippen LogP contribution in [0.15, 0.2) is 6.07 Å². The zero-order valence-corrected chi connectivity index (χ0v) is 14.4. The summed E-state index contributed by atoms with van der Waals surface area (Å²) in [7, 11) is 1.59. The molecule has 1 aliphatic carbocycles. The maximum Gasteiger partial charge on any atom is 0.293 e. The molecule has 7 heteroatoms. The van der Waals surface area contributed by atoms with Gasteiger partial charge >= 0.3 is 0 Å². The molecular formula is C16H22ClN3O3. The predicted molar refractivity (Wildman–Crippen MR) is 91.3 cm³/mol.